The number of hydrogen-bond donors (Lipinski definition) is 1. The molecule has 0 amide bonds. The van der Waals surface area contributed by atoms with E-state index in [0.29, 0.717) is 5.56 Å². The normalized spacial score (nSPS) is 11.6. The van der Waals surface area contributed by atoms with Crippen LogP contribution < -0.4 is 4.72 Å². The van der Waals surface area contributed by atoms with Crippen molar-refractivity contribution in [2.75, 3.05) is 0 Å². The van der Waals surface area contributed by atoms with Gasteiger partial charge in [0.1, 0.15) is 11.6 Å². The fraction of sp³-hybridized carbons (Fsp3) is 0.167. The zero-order chi connectivity index (χ0) is 18.0. The number of halogens is 1. The highest BCUT2D eigenvalue weighted by molar-refractivity contribution is 7.89. The molecule has 0 fully saturated rings. The van der Waals surface area contributed by atoms with Crippen LogP contribution >= 0.6 is 0 Å². The summed E-state index contributed by atoms with van der Waals surface area (Å²) in [5.74, 6) is 0.419. The molecule has 1 N–H and O–H groups in total. The maximum absolute atomic E-state index is 13.1. The van der Waals surface area contributed by atoms with Crippen molar-refractivity contribution in [2.24, 2.45) is 0 Å². The van der Waals surface area contributed by atoms with Crippen molar-refractivity contribution >= 4 is 10.0 Å². The van der Waals surface area contributed by atoms with Crippen LogP contribution in [0, 0.1) is 19.7 Å². The first-order chi connectivity index (χ1) is 11.9. The summed E-state index contributed by atoms with van der Waals surface area (Å²) >= 11 is 0. The Morgan fingerprint density at radius 1 is 1.12 bits per heavy atom. The van der Waals surface area contributed by atoms with Crippen LogP contribution in [-0.4, -0.2) is 18.0 Å². The van der Waals surface area contributed by atoms with Crippen LogP contribution in [0.15, 0.2) is 59.8 Å². The van der Waals surface area contributed by atoms with E-state index >= 15 is 0 Å². The summed E-state index contributed by atoms with van der Waals surface area (Å²) in [4.78, 5) is 4.26. The third-order valence-electron chi connectivity index (χ3n) is 3.93. The van der Waals surface area contributed by atoms with E-state index in [2.05, 4.69) is 9.71 Å². The molecule has 3 aromatic rings. The Morgan fingerprint density at radius 3 is 2.44 bits per heavy atom. The standard InChI is InChI=1S/C18H18FN3O2S/c1-13-11-16(19)5-8-18(13)25(23,24)21-12-15-3-6-17(7-4-15)22-10-9-20-14(22)2/h3-11,21H,12H2,1-2H3. The molecule has 0 unspecified atom stereocenters. The summed E-state index contributed by atoms with van der Waals surface area (Å²) in [7, 11) is -3.70. The molecule has 1 heterocycles. The third-order valence-corrected chi connectivity index (χ3v) is 5.49. The lowest BCUT2D eigenvalue weighted by molar-refractivity contribution is 0.579. The summed E-state index contributed by atoms with van der Waals surface area (Å²) in [5.41, 5.74) is 2.15. The van der Waals surface area contributed by atoms with Crippen molar-refractivity contribution in [3.05, 3.63) is 77.6 Å². The number of imidazole rings is 1. The zero-order valence-corrected chi connectivity index (χ0v) is 14.7. The molecule has 1 aromatic heterocycles. The summed E-state index contributed by atoms with van der Waals surface area (Å²) in [6.45, 7) is 3.63. The van der Waals surface area contributed by atoms with Crippen LogP contribution in [0.4, 0.5) is 4.39 Å². The topological polar surface area (TPSA) is 64.0 Å². The van der Waals surface area contributed by atoms with Gasteiger partial charge in [0.05, 0.1) is 4.90 Å². The van der Waals surface area contributed by atoms with Gasteiger partial charge in [0.15, 0.2) is 0 Å². The Hall–Kier alpha value is -2.51. The highest BCUT2D eigenvalue weighted by Gasteiger charge is 2.16. The molecule has 25 heavy (non-hydrogen) atoms. The minimum absolute atomic E-state index is 0.0829. The lowest BCUT2D eigenvalue weighted by atomic mass is 10.2. The third kappa shape index (κ3) is 3.78. The van der Waals surface area contributed by atoms with E-state index in [1.807, 2.05) is 42.0 Å². The predicted molar refractivity (Wildman–Crippen MR) is 93.5 cm³/mol. The largest absolute Gasteiger partial charge is 0.304 e. The van der Waals surface area contributed by atoms with E-state index in [0.717, 1.165) is 23.1 Å². The molecule has 0 bridgehead atoms. The Balaban J connectivity index is 1.74. The SMILES string of the molecule is Cc1cc(F)ccc1S(=O)(=O)NCc1ccc(-n2ccnc2C)cc1. The second-order valence-corrected chi connectivity index (χ2v) is 7.48. The van der Waals surface area contributed by atoms with Crippen molar-refractivity contribution in [3.63, 3.8) is 0 Å². The van der Waals surface area contributed by atoms with Gasteiger partial charge in [-0.25, -0.2) is 22.5 Å². The summed E-state index contributed by atoms with van der Waals surface area (Å²) in [6, 6.07) is 11.1. The van der Waals surface area contributed by atoms with Gasteiger partial charge >= 0.3 is 0 Å². The van der Waals surface area contributed by atoms with Gasteiger partial charge in [-0.1, -0.05) is 12.1 Å². The Bertz CT molecular complexity index is 995. The minimum Gasteiger partial charge on any atom is -0.304 e. The number of benzene rings is 2. The smallest absolute Gasteiger partial charge is 0.241 e. The number of hydrogen-bond acceptors (Lipinski definition) is 3. The highest BCUT2D eigenvalue weighted by Crippen LogP contribution is 2.17. The molecule has 0 aliphatic rings. The number of rotatable bonds is 5. The molecule has 0 radical (unpaired) electrons. The van der Waals surface area contributed by atoms with Crippen LogP contribution in [0.3, 0.4) is 0 Å². The summed E-state index contributed by atoms with van der Waals surface area (Å²) in [5, 5.41) is 0. The molecule has 0 saturated carbocycles. The van der Waals surface area contributed by atoms with Gasteiger partial charge in [-0.3, -0.25) is 0 Å². The summed E-state index contributed by atoms with van der Waals surface area (Å²) in [6.07, 6.45) is 3.59. The molecular weight excluding hydrogens is 341 g/mol. The van der Waals surface area contributed by atoms with Crippen molar-refractivity contribution in [2.45, 2.75) is 25.3 Å². The Labute approximate surface area is 146 Å². The molecule has 0 aliphatic carbocycles. The fourth-order valence-electron chi connectivity index (χ4n) is 2.60. The van der Waals surface area contributed by atoms with Crippen molar-refractivity contribution in [1.82, 2.24) is 14.3 Å². The highest BCUT2D eigenvalue weighted by atomic mass is 32.2. The number of nitrogens with zero attached hydrogens (tertiary/aromatic N) is 2. The van der Waals surface area contributed by atoms with E-state index < -0.39 is 15.8 Å². The molecule has 2 aromatic carbocycles. The van der Waals surface area contributed by atoms with Crippen LogP contribution in [0.5, 0.6) is 0 Å². The van der Waals surface area contributed by atoms with Crippen LogP contribution in [0.1, 0.15) is 17.0 Å². The van der Waals surface area contributed by atoms with Crippen molar-refractivity contribution < 1.29 is 12.8 Å². The van der Waals surface area contributed by atoms with Gasteiger partial charge in [-0.2, -0.15) is 0 Å². The first-order valence-electron chi connectivity index (χ1n) is 7.72. The van der Waals surface area contributed by atoms with E-state index in [-0.39, 0.29) is 11.4 Å². The number of nitrogens with one attached hydrogen (secondary N) is 1. The first kappa shape index (κ1) is 17.3. The maximum Gasteiger partial charge on any atom is 0.241 e. The van der Waals surface area contributed by atoms with Gasteiger partial charge in [0.2, 0.25) is 10.0 Å². The van der Waals surface area contributed by atoms with Gasteiger partial charge in [0, 0.05) is 24.6 Å². The molecule has 0 atom stereocenters. The van der Waals surface area contributed by atoms with Crippen molar-refractivity contribution in [1.29, 1.82) is 0 Å². The average Bonchev–Trinajstić information content (AvgIpc) is 2.99. The van der Waals surface area contributed by atoms with Gasteiger partial charge in [-0.05, 0) is 55.3 Å². The van der Waals surface area contributed by atoms with Gasteiger partial charge < -0.3 is 4.57 Å². The Morgan fingerprint density at radius 2 is 1.84 bits per heavy atom. The van der Waals surface area contributed by atoms with E-state index in [4.69, 9.17) is 0 Å². The lowest BCUT2D eigenvalue weighted by Gasteiger charge is -2.10. The lowest BCUT2D eigenvalue weighted by Crippen LogP contribution is -2.24. The molecular formula is C18H18FN3O2S. The predicted octanol–water partition coefficient (Wildman–Crippen LogP) is 3.11. The molecule has 130 valence electrons. The van der Waals surface area contributed by atoms with Crippen LogP contribution in [0.25, 0.3) is 5.69 Å². The Kier molecular flexibility index (Phi) is 4.69. The second kappa shape index (κ2) is 6.78. The molecule has 3 rings (SSSR count). The van der Waals surface area contributed by atoms with Crippen LogP contribution in [0.2, 0.25) is 0 Å². The molecule has 0 saturated heterocycles. The first-order valence-corrected chi connectivity index (χ1v) is 9.20. The van der Waals surface area contributed by atoms with Gasteiger partial charge in [0.25, 0.3) is 0 Å². The van der Waals surface area contributed by atoms with E-state index in [9.17, 15) is 12.8 Å². The zero-order valence-electron chi connectivity index (χ0n) is 13.9. The fourth-order valence-corrected chi connectivity index (χ4v) is 3.84. The molecule has 0 aliphatic heterocycles. The number of aryl methyl sites for hydroxylation is 2. The summed E-state index contributed by atoms with van der Waals surface area (Å²) < 4.78 is 42.4. The quantitative estimate of drug-likeness (QED) is 0.761. The van der Waals surface area contributed by atoms with E-state index in [1.165, 1.54) is 12.1 Å². The number of aromatic nitrogens is 2. The van der Waals surface area contributed by atoms with E-state index in [1.54, 1.807) is 13.1 Å². The average molecular weight is 359 g/mol. The van der Waals surface area contributed by atoms with Crippen molar-refractivity contribution in [3.8, 4) is 5.69 Å². The molecule has 5 nitrogen and oxygen atoms in total. The maximum atomic E-state index is 13.1. The number of sulfonamides is 1. The molecule has 7 heteroatoms. The second-order valence-electron chi connectivity index (χ2n) is 5.75. The minimum atomic E-state index is -3.70. The van der Waals surface area contributed by atoms with Crippen LogP contribution in [-0.2, 0) is 16.6 Å². The molecule has 0 spiro atoms. The monoisotopic (exact) mass is 359 g/mol. The van der Waals surface area contributed by atoms with Gasteiger partial charge in [-0.15, -0.1) is 0 Å².